The molecule has 20 heavy (non-hydrogen) atoms. The van der Waals surface area contributed by atoms with Crippen LogP contribution in [-0.2, 0) is 0 Å². The van der Waals surface area contributed by atoms with Crippen LogP contribution in [0.1, 0.15) is 49.6 Å². The van der Waals surface area contributed by atoms with Crippen LogP contribution < -0.4 is 5.32 Å². The number of nitrogens with zero attached hydrogens (tertiary/aromatic N) is 1. The van der Waals surface area contributed by atoms with Gasteiger partial charge in [-0.05, 0) is 78.8 Å². The highest BCUT2D eigenvalue weighted by Gasteiger charge is 2.65. The molecule has 3 aliphatic carbocycles. The topological polar surface area (TPSA) is 34.0 Å². The molecule has 1 aromatic rings. The summed E-state index contributed by atoms with van der Waals surface area (Å²) in [5.41, 5.74) is 0.782. The molecular weight excluding hydrogens is 316 g/mol. The Morgan fingerprint density at radius 2 is 2.00 bits per heavy atom. The van der Waals surface area contributed by atoms with E-state index in [0.717, 1.165) is 33.8 Å². The number of rotatable bonds is 3. The van der Waals surface area contributed by atoms with Gasteiger partial charge in [0, 0.05) is 22.8 Å². The van der Waals surface area contributed by atoms with Gasteiger partial charge in [-0.2, -0.15) is 0 Å². The number of halogens is 1. The third kappa shape index (κ3) is 1.80. The van der Waals surface area contributed by atoms with Gasteiger partial charge in [0.2, 0.25) is 0 Å². The van der Waals surface area contributed by atoms with Crippen LogP contribution in [0.15, 0.2) is 16.7 Å². The number of fused-ring (bicyclic) bond motifs is 5. The largest absolute Gasteiger partial charge is 0.347 e. The minimum atomic E-state index is 0.100. The number of carbonyl (C=O) groups is 1. The normalized spacial score (nSPS) is 37.3. The fraction of sp³-hybridized carbons (Fsp3) is 0.688. The molecule has 2 bridgehead atoms. The van der Waals surface area contributed by atoms with E-state index >= 15 is 0 Å². The van der Waals surface area contributed by atoms with Crippen molar-refractivity contribution in [2.24, 2.45) is 23.7 Å². The van der Waals surface area contributed by atoms with Crippen molar-refractivity contribution in [2.45, 2.75) is 45.2 Å². The van der Waals surface area contributed by atoms with Gasteiger partial charge in [0.15, 0.2) is 0 Å². The highest BCUT2D eigenvalue weighted by atomic mass is 79.9. The van der Waals surface area contributed by atoms with Crippen molar-refractivity contribution < 1.29 is 4.79 Å². The van der Waals surface area contributed by atoms with E-state index in [9.17, 15) is 4.79 Å². The maximum Gasteiger partial charge on any atom is 0.268 e. The second kappa shape index (κ2) is 4.36. The van der Waals surface area contributed by atoms with E-state index in [-0.39, 0.29) is 5.91 Å². The molecule has 0 aliphatic heterocycles. The number of hydrogen-bond acceptors (Lipinski definition) is 1. The number of nitrogens with one attached hydrogen (secondary N) is 1. The van der Waals surface area contributed by atoms with Gasteiger partial charge in [-0.25, -0.2) is 0 Å². The van der Waals surface area contributed by atoms with E-state index in [1.807, 2.05) is 16.8 Å². The summed E-state index contributed by atoms with van der Waals surface area (Å²) in [6.45, 7) is 4.21. The first-order valence-electron chi connectivity index (χ1n) is 7.74. The van der Waals surface area contributed by atoms with Gasteiger partial charge in [0.25, 0.3) is 5.91 Å². The minimum absolute atomic E-state index is 0.100. The lowest BCUT2D eigenvalue weighted by molar-refractivity contribution is 0.0933. The third-order valence-corrected chi connectivity index (χ3v) is 6.07. The molecule has 0 saturated heterocycles. The Labute approximate surface area is 128 Å². The predicted octanol–water partition coefficient (Wildman–Crippen LogP) is 3.61. The smallest absolute Gasteiger partial charge is 0.268 e. The number of amides is 1. The highest BCUT2D eigenvalue weighted by Crippen LogP contribution is 2.65. The Kier molecular flexibility index (Phi) is 2.82. The van der Waals surface area contributed by atoms with Gasteiger partial charge in [0.1, 0.15) is 5.69 Å². The molecule has 1 aromatic heterocycles. The highest BCUT2D eigenvalue weighted by molar-refractivity contribution is 9.10. The molecule has 3 fully saturated rings. The second-order valence-corrected chi connectivity index (χ2v) is 7.95. The molecule has 4 rings (SSSR count). The Balaban J connectivity index is 1.49. The summed E-state index contributed by atoms with van der Waals surface area (Å²) in [5, 5.41) is 3.30. The fourth-order valence-electron chi connectivity index (χ4n) is 4.80. The zero-order valence-corrected chi connectivity index (χ0v) is 13.6. The molecule has 1 heterocycles. The third-order valence-electron chi connectivity index (χ3n) is 5.64. The van der Waals surface area contributed by atoms with Crippen LogP contribution in [0.3, 0.4) is 0 Å². The quantitative estimate of drug-likeness (QED) is 0.898. The summed E-state index contributed by atoms with van der Waals surface area (Å²) in [6, 6.07) is 2.70. The van der Waals surface area contributed by atoms with Crippen molar-refractivity contribution in [3.63, 3.8) is 0 Å². The maximum atomic E-state index is 12.5. The Hall–Kier alpha value is -0.770. The standard InChI is InChI=1S/C16H21BrN2O/c1-8(2)19-7-11(17)6-12(19)16(20)18-15-13-9-3-4-10(5-9)14(13)15/h6-10,13-15H,3-5H2,1-2H3,(H,18,20). The van der Waals surface area contributed by atoms with Crippen LogP contribution in [0, 0.1) is 23.7 Å². The summed E-state index contributed by atoms with van der Waals surface area (Å²) in [6.07, 6.45) is 6.21. The molecule has 0 radical (unpaired) electrons. The van der Waals surface area contributed by atoms with Gasteiger partial charge in [-0.15, -0.1) is 0 Å². The number of carbonyl (C=O) groups excluding carboxylic acids is 1. The lowest BCUT2D eigenvalue weighted by Gasteiger charge is -2.14. The average Bonchev–Trinajstić information content (AvgIpc) is 2.81. The van der Waals surface area contributed by atoms with Crippen LogP contribution in [0.25, 0.3) is 0 Å². The summed E-state index contributed by atoms with van der Waals surface area (Å²) in [4.78, 5) is 12.5. The SMILES string of the molecule is CC(C)n1cc(Br)cc1C(=O)NC1C2C3CCC(C3)C12. The van der Waals surface area contributed by atoms with E-state index in [4.69, 9.17) is 0 Å². The molecule has 1 N–H and O–H groups in total. The van der Waals surface area contributed by atoms with E-state index in [1.54, 1.807) is 0 Å². The second-order valence-electron chi connectivity index (χ2n) is 7.03. The first-order valence-corrected chi connectivity index (χ1v) is 8.54. The summed E-state index contributed by atoms with van der Waals surface area (Å²) >= 11 is 3.48. The summed E-state index contributed by atoms with van der Waals surface area (Å²) in [5.74, 6) is 3.49. The minimum Gasteiger partial charge on any atom is -0.347 e. The molecule has 1 amide bonds. The first kappa shape index (κ1) is 12.9. The number of aromatic nitrogens is 1. The van der Waals surface area contributed by atoms with E-state index in [2.05, 4.69) is 35.1 Å². The first-order chi connectivity index (χ1) is 9.56. The molecule has 3 nitrogen and oxygen atoms in total. The van der Waals surface area contributed by atoms with Crippen molar-refractivity contribution in [1.82, 2.24) is 9.88 Å². The van der Waals surface area contributed by atoms with Crippen LogP contribution in [-0.4, -0.2) is 16.5 Å². The zero-order chi connectivity index (χ0) is 14.0. The molecule has 0 spiro atoms. The van der Waals surface area contributed by atoms with Crippen molar-refractivity contribution in [1.29, 1.82) is 0 Å². The summed E-state index contributed by atoms with van der Waals surface area (Å²) < 4.78 is 3.03. The molecule has 4 heteroatoms. The van der Waals surface area contributed by atoms with Crippen molar-refractivity contribution in [3.8, 4) is 0 Å². The van der Waals surface area contributed by atoms with E-state index in [1.165, 1.54) is 19.3 Å². The molecular formula is C16H21BrN2O. The molecule has 108 valence electrons. The van der Waals surface area contributed by atoms with E-state index in [0.29, 0.717) is 12.1 Å². The van der Waals surface area contributed by atoms with Crippen molar-refractivity contribution in [3.05, 3.63) is 22.4 Å². The monoisotopic (exact) mass is 336 g/mol. The Morgan fingerprint density at radius 1 is 1.35 bits per heavy atom. The van der Waals surface area contributed by atoms with Gasteiger partial charge >= 0.3 is 0 Å². The van der Waals surface area contributed by atoms with Gasteiger partial charge in [-0.3, -0.25) is 4.79 Å². The van der Waals surface area contributed by atoms with Crippen LogP contribution >= 0.6 is 15.9 Å². The zero-order valence-electron chi connectivity index (χ0n) is 12.0. The average molecular weight is 337 g/mol. The van der Waals surface area contributed by atoms with Crippen LogP contribution in [0.5, 0.6) is 0 Å². The van der Waals surface area contributed by atoms with Crippen molar-refractivity contribution in [2.75, 3.05) is 0 Å². The fourth-order valence-corrected chi connectivity index (χ4v) is 5.24. The summed E-state index contributed by atoms with van der Waals surface area (Å²) in [7, 11) is 0. The predicted molar refractivity (Wildman–Crippen MR) is 81.6 cm³/mol. The Bertz CT molecular complexity index is 549. The number of hydrogen-bond donors (Lipinski definition) is 1. The maximum absolute atomic E-state index is 12.5. The molecule has 3 saturated carbocycles. The van der Waals surface area contributed by atoms with Crippen LogP contribution in [0.4, 0.5) is 0 Å². The molecule has 0 aromatic carbocycles. The molecule has 3 aliphatic rings. The van der Waals surface area contributed by atoms with Crippen molar-refractivity contribution >= 4 is 21.8 Å². The van der Waals surface area contributed by atoms with Gasteiger partial charge in [-0.1, -0.05) is 0 Å². The Morgan fingerprint density at radius 3 is 2.60 bits per heavy atom. The van der Waals surface area contributed by atoms with E-state index < -0.39 is 0 Å². The molecule has 4 unspecified atom stereocenters. The molecule has 4 atom stereocenters. The lowest BCUT2D eigenvalue weighted by Crippen LogP contribution is -2.31. The van der Waals surface area contributed by atoms with Crippen LogP contribution in [0.2, 0.25) is 0 Å². The van der Waals surface area contributed by atoms with Gasteiger partial charge in [0.05, 0.1) is 0 Å². The lowest BCUT2D eigenvalue weighted by atomic mass is 10.0. The van der Waals surface area contributed by atoms with Gasteiger partial charge < -0.3 is 9.88 Å².